The van der Waals surface area contributed by atoms with Gasteiger partial charge < -0.3 is 14.8 Å². The maximum Gasteiger partial charge on any atom is 0.246 e. The number of hydrogen-bond donors (Lipinski definition) is 1. The first kappa shape index (κ1) is 16.5. The Morgan fingerprint density at radius 2 is 1.79 bits per heavy atom. The normalized spacial score (nSPS) is 13.0. The molecule has 24 heavy (non-hydrogen) atoms. The molecule has 0 aromatic heterocycles. The van der Waals surface area contributed by atoms with Gasteiger partial charge >= 0.3 is 0 Å². The maximum absolute atomic E-state index is 12.0. The van der Waals surface area contributed by atoms with Crippen molar-refractivity contribution < 1.29 is 14.3 Å². The van der Waals surface area contributed by atoms with E-state index < -0.39 is 0 Å². The topological polar surface area (TPSA) is 59.9 Å². The van der Waals surface area contributed by atoms with Crippen LogP contribution in [0.2, 0.25) is 0 Å². The Morgan fingerprint density at radius 1 is 1.08 bits per heavy atom. The number of hydrogen-bond acceptors (Lipinski definition) is 4. The van der Waals surface area contributed by atoms with E-state index in [0.717, 1.165) is 22.4 Å². The first-order valence-corrected chi connectivity index (χ1v) is 7.30. The van der Waals surface area contributed by atoms with Crippen molar-refractivity contribution in [2.75, 3.05) is 26.1 Å². The van der Waals surface area contributed by atoms with E-state index in [0.29, 0.717) is 17.2 Å². The van der Waals surface area contributed by atoms with E-state index in [1.165, 1.54) is 0 Å². The molecule has 0 spiro atoms. The average molecular weight is 577 g/mol. The zero-order valence-electron chi connectivity index (χ0n) is 14.1. The molecule has 6 heteroatoms. The van der Waals surface area contributed by atoms with E-state index in [2.05, 4.69) is 16.4 Å². The van der Waals surface area contributed by atoms with E-state index in [1.54, 1.807) is 20.3 Å². The van der Waals surface area contributed by atoms with E-state index in [-0.39, 0.29) is 12.5 Å². The van der Waals surface area contributed by atoms with E-state index in [4.69, 9.17) is 9.47 Å². The van der Waals surface area contributed by atoms with Crippen LogP contribution in [0.25, 0.3) is 0 Å². The van der Waals surface area contributed by atoms with Crippen molar-refractivity contribution in [2.45, 2.75) is 6.92 Å². The molecule has 0 atom stereocenters. The molecule has 1 amide bonds. The Kier molecular flexibility index (Phi) is 4.50. The molecule has 120 valence electrons. The first-order chi connectivity index (χ1) is 11.1. The van der Waals surface area contributed by atoms with Crippen molar-refractivity contribution in [3.63, 3.8) is 0 Å². The Morgan fingerprint density at radius 3 is 2.46 bits per heavy atom. The van der Waals surface area contributed by atoms with Crippen molar-refractivity contribution in [1.82, 2.24) is 0 Å². The van der Waals surface area contributed by atoms with Gasteiger partial charge in [-0.1, -0.05) is 23.8 Å². The number of aliphatic imine (C=N–C) groups is 1. The standard InChI is InChI=1S/C18H18N2O3.Rf/c1-11-5-4-6-12(7-11)18-13-8-15(22-2)16(23-3)9-14(13)20-17(21)10-19-18;/h4-9H,10H2,1-3H3,(H,20,21);. The van der Waals surface area contributed by atoms with Crippen LogP contribution in [-0.2, 0) is 4.79 Å². The second-order valence-electron chi connectivity index (χ2n) is 5.34. The molecule has 0 saturated carbocycles. The number of rotatable bonds is 3. The molecular weight excluding hydrogens is 559 g/mol. The molecule has 5 nitrogen and oxygen atoms in total. The molecule has 2 aromatic carbocycles. The van der Waals surface area contributed by atoms with Crippen molar-refractivity contribution in [3.8, 4) is 11.5 Å². The summed E-state index contributed by atoms with van der Waals surface area (Å²) in [5, 5.41) is 2.87. The first-order valence-electron chi connectivity index (χ1n) is 7.30. The van der Waals surface area contributed by atoms with E-state index >= 15 is 0 Å². The second kappa shape index (κ2) is 6.52. The SMILES string of the molecule is COc1cc2c(cc1OC)C(c1cccc(C)c1)=NCC(=O)N2.[Rf]. The Labute approximate surface area is 135 Å². The number of amides is 1. The van der Waals surface area contributed by atoms with Crippen LogP contribution in [0.1, 0.15) is 16.7 Å². The fourth-order valence-corrected chi connectivity index (χ4v) is 2.64. The molecule has 0 fully saturated rings. The molecule has 0 bridgehead atoms. The van der Waals surface area contributed by atoms with Crippen LogP contribution in [0.5, 0.6) is 11.5 Å². The predicted octanol–water partition coefficient (Wildman–Crippen LogP) is 2.80. The quantitative estimate of drug-likeness (QED) is 0.611. The third-order valence-electron chi connectivity index (χ3n) is 3.73. The van der Waals surface area contributed by atoms with Gasteiger partial charge in [0.2, 0.25) is 5.91 Å². The largest absolute Gasteiger partial charge is 0.493 e. The van der Waals surface area contributed by atoms with Gasteiger partial charge in [0.1, 0.15) is 6.54 Å². The summed E-state index contributed by atoms with van der Waals surface area (Å²) in [5.74, 6) is 1.01. The zero-order chi connectivity index (χ0) is 16.4. The Balaban J connectivity index is 0.00000208. The van der Waals surface area contributed by atoms with Gasteiger partial charge in [-0.05, 0) is 19.1 Å². The molecule has 1 heterocycles. The summed E-state index contributed by atoms with van der Waals surface area (Å²) >= 11 is 0. The fraction of sp³-hybridized carbons (Fsp3) is 0.222. The van der Waals surface area contributed by atoms with Gasteiger partial charge in [0.25, 0.3) is 0 Å². The number of benzodiazepines with no additional fused rings is 1. The number of carbonyl (C=O) groups is 1. The van der Waals surface area contributed by atoms with Crippen LogP contribution < -0.4 is 14.8 Å². The minimum atomic E-state index is -0.152. The third kappa shape index (κ3) is 2.88. The number of aryl methyl sites for hydroxylation is 1. The number of ether oxygens (including phenoxy) is 2. The summed E-state index contributed by atoms with van der Waals surface area (Å²) in [4.78, 5) is 16.4. The molecule has 1 N–H and O–H groups in total. The Hall–Kier alpha value is -3.82. The molecule has 2 aromatic rings. The van der Waals surface area contributed by atoms with Gasteiger partial charge in [-0.3, -0.25) is 9.79 Å². The number of methoxy groups -OCH3 is 2. The van der Waals surface area contributed by atoms with E-state index in [1.807, 2.05) is 31.2 Å². The van der Waals surface area contributed by atoms with Crippen LogP contribution in [0.4, 0.5) is 5.69 Å². The average Bonchev–Trinajstić information content (AvgIpc) is 2.71. The summed E-state index contributed by atoms with van der Waals surface area (Å²) in [5.41, 5.74) is 4.36. The van der Waals surface area contributed by atoms with Crippen molar-refractivity contribution in [3.05, 3.63) is 53.1 Å². The molecular formula is C18H18N2O3Rf. The number of nitrogens with zero attached hydrogens (tertiary/aromatic N) is 1. The molecule has 1 aliphatic rings. The van der Waals surface area contributed by atoms with Crippen LogP contribution in [0.15, 0.2) is 41.4 Å². The van der Waals surface area contributed by atoms with Crippen LogP contribution in [-0.4, -0.2) is 32.4 Å². The van der Waals surface area contributed by atoms with Crippen LogP contribution in [0, 0.1) is 6.92 Å². The van der Waals surface area contributed by atoms with Crippen molar-refractivity contribution in [2.24, 2.45) is 4.99 Å². The van der Waals surface area contributed by atoms with Gasteiger partial charge in [-0.2, -0.15) is 0 Å². The van der Waals surface area contributed by atoms with Crippen molar-refractivity contribution in [1.29, 1.82) is 0 Å². The molecule has 3 rings (SSSR count). The summed E-state index contributed by atoms with van der Waals surface area (Å²) in [6.07, 6.45) is 0. The van der Waals surface area contributed by atoms with Gasteiger partial charge in [-0.25, -0.2) is 0 Å². The molecule has 0 saturated heterocycles. The molecule has 0 aliphatic carbocycles. The van der Waals surface area contributed by atoms with Gasteiger partial charge in [-0.15, -0.1) is 0 Å². The fourth-order valence-electron chi connectivity index (χ4n) is 2.64. The minimum Gasteiger partial charge on any atom is -0.493 e. The van der Waals surface area contributed by atoms with Crippen molar-refractivity contribution >= 4 is 17.3 Å². The smallest absolute Gasteiger partial charge is 0.246 e. The summed E-state index contributed by atoms with van der Waals surface area (Å²) in [7, 11) is 3.15. The molecule has 0 radical (unpaired) electrons. The number of carbonyl (C=O) groups excluding carboxylic acids is 1. The van der Waals surface area contributed by atoms with Gasteiger partial charge in [0, 0.05) is 17.2 Å². The number of nitrogens with one attached hydrogen (secondary N) is 1. The third-order valence-corrected chi connectivity index (χ3v) is 3.73. The molecule has 1 aliphatic heterocycles. The summed E-state index contributed by atoms with van der Waals surface area (Å²) < 4.78 is 10.7. The zero-order valence-corrected chi connectivity index (χ0v) is 20.4. The van der Waals surface area contributed by atoms with Gasteiger partial charge in [0.05, 0.1) is 25.6 Å². The summed E-state index contributed by atoms with van der Waals surface area (Å²) in [6, 6.07) is 11.7. The van der Waals surface area contributed by atoms with E-state index in [9.17, 15) is 4.79 Å². The maximum atomic E-state index is 12.0. The number of fused-ring (bicyclic) bond motifs is 1. The monoisotopic (exact) mass is 577 g/mol. The van der Waals surface area contributed by atoms with Gasteiger partial charge in [0.15, 0.2) is 11.5 Å². The number of anilines is 1. The van der Waals surface area contributed by atoms with Crippen LogP contribution >= 0.6 is 0 Å². The second-order valence-corrected chi connectivity index (χ2v) is 5.34. The number of benzene rings is 2. The Bertz CT molecular complexity index is 803. The predicted molar refractivity (Wildman–Crippen MR) is 89.9 cm³/mol. The molecule has 0 unspecified atom stereocenters. The minimum absolute atomic E-state index is 0. The van der Waals surface area contributed by atoms with Crippen LogP contribution in [0.3, 0.4) is 0 Å². The summed E-state index contributed by atoms with van der Waals surface area (Å²) in [6.45, 7) is 2.11.